The second-order valence-electron chi connectivity index (χ2n) is 5.10. The summed E-state index contributed by atoms with van der Waals surface area (Å²) in [7, 11) is 0. The molecular weight excluding hydrogens is 276 g/mol. The summed E-state index contributed by atoms with van der Waals surface area (Å²) in [5.41, 5.74) is 0.470. The fraction of sp³-hybridized carbons (Fsp3) is 0.286. The maximum absolute atomic E-state index is 12.4. The monoisotopic (exact) mass is 288 g/mol. The van der Waals surface area contributed by atoms with Crippen molar-refractivity contribution in [2.75, 3.05) is 0 Å². The number of fused-ring (bicyclic) bond motifs is 1. The maximum atomic E-state index is 12.4. The molecule has 2 N–H and O–H groups in total. The molecule has 7 heteroatoms. The molecule has 4 amide bonds. The molecule has 0 spiro atoms. The van der Waals surface area contributed by atoms with E-state index in [0.717, 1.165) is 4.90 Å². The van der Waals surface area contributed by atoms with Crippen molar-refractivity contribution in [1.82, 2.24) is 10.2 Å². The van der Waals surface area contributed by atoms with Gasteiger partial charge >= 0.3 is 0 Å². The Morgan fingerprint density at radius 1 is 1.19 bits per heavy atom. The number of hydrogen-bond donors (Lipinski definition) is 2. The van der Waals surface area contributed by atoms with E-state index in [1.165, 1.54) is 12.1 Å². The molecular formula is C14H12N2O5. The van der Waals surface area contributed by atoms with Crippen LogP contribution < -0.4 is 5.32 Å². The maximum Gasteiger partial charge on any atom is 0.266 e. The lowest BCUT2D eigenvalue weighted by atomic mass is 10.0. The molecule has 1 atom stereocenters. The molecule has 21 heavy (non-hydrogen) atoms. The third kappa shape index (κ3) is 1.81. The number of amides is 4. The summed E-state index contributed by atoms with van der Waals surface area (Å²) in [5, 5.41) is 12.1. The van der Waals surface area contributed by atoms with Crippen molar-refractivity contribution in [1.29, 1.82) is 0 Å². The minimum absolute atomic E-state index is 0.0643. The van der Waals surface area contributed by atoms with E-state index in [1.807, 2.05) is 0 Å². The van der Waals surface area contributed by atoms with Crippen LogP contribution in [0.1, 0.15) is 39.1 Å². The number of carbonyl (C=O) groups excluding carboxylic acids is 4. The number of benzene rings is 1. The Hall–Kier alpha value is -2.70. The molecule has 2 heterocycles. The van der Waals surface area contributed by atoms with Crippen LogP contribution in [0.5, 0.6) is 5.75 Å². The van der Waals surface area contributed by atoms with Crippen LogP contribution in [0.3, 0.4) is 0 Å². The van der Waals surface area contributed by atoms with Gasteiger partial charge in [-0.2, -0.15) is 0 Å². The lowest BCUT2D eigenvalue weighted by Gasteiger charge is -2.27. The van der Waals surface area contributed by atoms with Gasteiger partial charge in [0.05, 0.1) is 11.1 Å². The Labute approximate surface area is 119 Å². The van der Waals surface area contributed by atoms with E-state index in [2.05, 4.69) is 5.32 Å². The zero-order chi connectivity index (χ0) is 15.3. The number of hydrogen-bond acceptors (Lipinski definition) is 5. The van der Waals surface area contributed by atoms with Crippen LogP contribution in [0.2, 0.25) is 0 Å². The smallest absolute Gasteiger partial charge is 0.266 e. The molecule has 0 aliphatic carbocycles. The highest BCUT2D eigenvalue weighted by Gasteiger charge is 2.45. The van der Waals surface area contributed by atoms with Gasteiger partial charge in [-0.1, -0.05) is 6.07 Å². The molecule has 0 saturated carbocycles. The summed E-state index contributed by atoms with van der Waals surface area (Å²) >= 11 is 0. The van der Waals surface area contributed by atoms with Crippen LogP contribution in [0.15, 0.2) is 12.1 Å². The van der Waals surface area contributed by atoms with Crippen molar-refractivity contribution in [3.8, 4) is 5.75 Å². The molecule has 1 unspecified atom stereocenters. The van der Waals surface area contributed by atoms with Crippen LogP contribution in [0, 0.1) is 6.92 Å². The summed E-state index contributed by atoms with van der Waals surface area (Å²) in [6.45, 7) is 1.61. The predicted molar refractivity (Wildman–Crippen MR) is 69.5 cm³/mol. The largest absolute Gasteiger partial charge is 0.507 e. The molecule has 1 fully saturated rings. The van der Waals surface area contributed by atoms with E-state index in [9.17, 15) is 24.3 Å². The molecule has 0 bridgehead atoms. The van der Waals surface area contributed by atoms with E-state index < -0.39 is 29.7 Å². The van der Waals surface area contributed by atoms with Crippen LogP contribution in [0.25, 0.3) is 0 Å². The lowest BCUT2D eigenvalue weighted by Crippen LogP contribution is -2.54. The summed E-state index contributed by atoms with van der Waals surface area (Å²) < 4.78 is 0. The van der Waals surface area contributed by atoms with Crippen LogP contribution >= 0.6 is 0 Å². The third-order valence-electron chi connectivity index (χ3n) is 3.78. The molecule has 108 valence electrons. The Bertz CT molecular complexity index is 710. The van der Waals surface area contributed by atoms with Crippen molar-refractivity contribution in [2.24, 2.45) is 0 Å². The number of phenolic OH excluding ortho intramolecular Hbond substituents is 1. The van der Waals surface area contributed by atoms with Crippen molar-refractivity contribution >= 4 is 23.6 Å². The number of rotatable bonds is 1. The summed E-state index contributed by atoms with van der Waals surface area (Å²) in [6.07, 6.45) is 0.157. The van der Waals surface area contributed by atoms with E-state index in [4.69, 9.17) is 0 Å². The number of carbonyl (C=O) groups is 4. The minimum Gasteiger partial charge on any atom is -0.507 e. The van der Waals surface area contributed by atoms with Crippen LogP contribution in [0.4, 0.5) is 0 Å². The van der Waals surface area contributed by atoms with Crippen molar-refractivity contribution in [3.05, 3.63) is 28.8 Å². The Balaban J connectivity index is 2.02. The number of piperidine rings is 1. The molecule has 0 radical (unpaired) electrons. The number of aromatic hydroxyl groups is 1. The van der Waals surface area contributed by atoms with E-state index in [-0.39, 0.29) is 29.7 Å². The van der Waals surface area contributed by atoms with Crippen LogP contribution in [-0.2, 0) is 9.59 Å². The number of nitrogens with zero attached hydrogens (tertiary/aromatic N) is 1. The van der Waals surface area contributed by atoms with Gasteiger partial charge in [-0.15, -0.1) is 0 Å². The minimum atomic E-state index is -1.02. The summed E-state index contributed by atoms with van der Waals surface area (Å²) in [5.74, 6) is -2.67. The zero-order valence-electron chi connectivity index (χ0n) is 11.2. The standard InChI is InChI=1S/C14H12N2O5/c1-6-2-3-7-10(11(6)18)14(21)16(13(7)20)8-4-5-9(17)15-12(8)19/h2-3,8,18H,4-5H2,1H3,(H,15,17,19). The number of phenols is 1. The normalized spacial score (nSPS) is 21.6. The fourth-order valence-electron chi connectivity index (χ4n) is 2.64. The lowest BCUT2D eigenvalue weighted by molar-refractivity contribution is -0.136. The van der Waals surface area contributed by atoms with Gasteiger partial charge in [0.1, 0.15) is 11.8 Å². The van der Waals surface area contributed by atoms with Crippen molar-refractivity contribution in [3.63, 3.8) is 0 Å². The molecule has 3 rings (SSSR count). The zero-order valence-corrected chi connectivity index (χ0v) is 11.2. The topological polar surface area (TPSA) is 104 Å². The van der Waals surface area contributed by atoms with Crippen molar-refractivity contribution < 1.29 is 24.3 Å². The van der Waals surface area contributed by atoms with E-state index in [0.29, 0.717) is 5.56 Å². The number of nitrogens with one attached hydrogen (secondary N) is 1. The Morgan fingerprint density at radius 3 is 2.57 bits per heavy atom. The molecule has 1 saturated heterocycles. The SMILES string of the molecule is Cc1ccc2c(c1O)C(=O)N(C1CCC(=O)NC1=O)C2=O. The highest BCUT2D eigenvalue weighted by molar-refractivity contribution is 6.24. The van der Waals surface area contributed by atoms with E-state index >= 15 is 0 Å². The van der Waals surface area contributed by atoms with Gasteiger partial charge < -0.3 is 5.11 Å². The molecule has 2 aliphatic rings. The first-order chi connectivity index (χ1) is 9.91. The van der Waals surface area contributed by atoms with Gasteiger partial charge in [0.15, 0.2) is 0 Å². The first-order valence-electron chi connectivity index (χ1n) is 6.46. The van der Waals surface area contributed by atoms with Gasteiger partial charge in [0.25, 0.3) is 11.8 Å². The molecule has 2 aliphatic heterocycles. The fourth-order valence-corrected chi connectivity index (χ4v) is 2.64. The Morgan fingerprint density at radius 2 is 1.90 bits per heavy atom. The summed E-state index contributed by atoms with van der Waals surface area (Å²) in [4.78, 5) is 48.5. The quantitative estimate of drug-likeness (QED) is 0.713. The molecule has 1 aromatic carbocycles. The predicted octanol–water partition coefficient (Wildman–Crippen LogP) is 0.102. The number of imide groups is 2. The Kier molecular flexibility index (Phi) is 2.79. The van der Waals surface area contributed by atoms with E-state index in [1.54, 1.807) is 6.92 Å². The number of aryl methyl sites for hydroxylation is 1. The first kappa shape index (κ1) is 13.3. The second-order valence-corrected chi connectivity index (χ2v) is 5.10. The van der Waals surface area contributed by atoms with Gasteiger partial charge in [0, 0.05) is 6.42 Å². The average molecular weight is 288 g/mol. The molecule has 7 nitrogen and oxygen atoms in total. The van der Waals surface area contributed by atoms with Gasteiger partial charge in [-0.25, -0.2) is 0 Å². The highest BCUT2D eigenvalue weighted by Crippen LogP contribution is 2.34. The van der Waals surface area contributed by atoms with Gasteiger partial charge in [-0.05, 0) is 25.0 Å². The average Bonchev–Trinajstić information content (AvgIpc) is 2.67. The highest BCUT2D eigenvalue weighted by atomic mass is 16.3. The summed E-state index contributed by atoms with van der Waals surface area (Å²) in [6, 6.07) is 1.97. The van der Waals surface area contributed by atoms with Gasteiger partial charge in [-0.3, -0.25) is 29.4 Å². The molecule has 1 aromatic rings. The molecule has 0 aromatic heterocycles. The second kappa shape index (κ2) is 4.41. The van der Waals surface area contributed by atoms with Crippen LogP contribution in [-0.4, -0.2) is 39.7 Å². The van der Waals surface area contributed by atoms with Crippen molar-refractivity contribution in [2.45, 2.75) is 25.8 Å². The van der Waals surface area contributed by atoms with Gasteiger partial charge in [0.2, 0.25) is 11.8 Å². The third-order valence-corrected chi connectivity index (χ3v) is 3.78. The first-order valence-corrected chi connectivity index (χ1v) is 6.46.